The van der Waals surface area contributed by atoms with Crippen LogP contribution < -0.4 is 0 Å². The van der Waals surface area contributed by atoms with Crippen molar-refractivity contribution in [2.45, 2.75) is 112 Å². The molecule has 6 rings (SSSR count). The molecule has 2 amide bonds. The van der Waals surface area contributed by atoms with Crippen molar-refractivity contribution < 1.29 is 14.4 Å². The number of nitrogens with zero attached hydrogens (tertiary/aromatic N) is 3. The first kappa shape index (κ1) is 32.6. The number of rotatable bonds is 9. The van der Waals surface area contributed by atoms with Gasteiger partial charge in [-0.05, 0) is 87.4 Å². The van der Waals surface area contributed by atoms with Gasteiger partial charge < -0.3 is 9.97 Å². The van der Waals surface area contributed by atoms with Crippen LogP contribution in [0.2, 0.25) is 0 Å². The monoisotopic (exact) mass is 633 g/mol. The van der Waals surface area contributed by atoms with Gasteiger partial charge in [0, 0.05) is 46.4 Å². The Morgan fingerprint density at radius 2 is 1.53 bits per heavy atom. The first-order valence-corrected chi connectivity index (χ1v) is 17.4. The Balaban J connectivity index is 1.78. The fraction of sp³-hybridized carbons (Fsp3) is 0.462. The summed E-state index contributed by atoms with van der Waals surface area (Å²) in [5.74, 6) is -0.263. The van der Waals surface area contributed by atoms with E-state index in [9.17, 15) is 14.4 Å². The number of imide groups is 1. The van der Waals surface area contributed by atoms with Crippen LogP contribution in [0.3, 0.4) is 0 Å². The second-order valence-corrected chi connectivity index (χ2v) is 13.5. The van der Waals surface area contributed by atoms with Crippen molar-refractivity contribution in [2.75, 3.05) is 6.54 Å². The number of aromatic nitrogens is 4. The highest BCUT2D eigenvalue weighted by Gasteiger charge is 2.38. The largest absolute Gasteiger partial charge is 0.355 e. The van der Waals surface area contributed by atoms with Crippen LogP contribution in [0.5, 0.6) is 0 Å². The van der Waals surface area contributed by atoms with E-state index in [0.29, 0.717) is 34.4 Å². The van der Waals surface area contributed by atoms with Gasteiger partial charge in [0.2, 0.25) is 0 Å². The summed E-state index contributed by atoms with van der Waals surface area (Å²) in [6.45, 7) is 16.6. The van der Waals surface area contributed by atoms with E-state index in [4.69, 9.17) is 9.97 Å². The van der Waals surface area contributed by atoms with Gasteiger partial charge in [-0.15, -0.1) is 0 Å². The van der Waals surface area contributed by atoms with Crippen LogP contribution in [0.25, 0.3) is 33.2 Å². The van der Waals surface area contributed by atoms with Crippen LogP contribution in [0.1, 0.15) is 163 Å². The molecule has 0 radical (unpaired) electrons. The number of nitrogens with one attached hydrogen (secondary N) is 2. The predicted molar refractivity (Wildman–Crippen MR) is 189 cm³/mol. The minimum absolute atomic E-state index is 0.00928. The molecule has 3 aromatic heterocycles. The zero-order valence-corrected chi connectivity index (χ0v) is 29.1. The third-order valence-electron chi connectivity index (χ3n) is 10.5. The summed E-state index contributed by atoms with van der Waals surface area (Å²) in [7, 11) is 0. The van der Waals surface area contributed by atoms with Crippen molar-refractivity contribution >= 4 is 50.8 Å². The van der Waals surface area contributed by atoms with E-state index in [1.54, 1.807) is 6.92 Å². The van der Waals surface area contributed by atoms with Gasteiger partial charge in [-0.2, -0.15) is 0 Å². The highest BCUT2D eigenvalue weighted by molar-refractivity contribution is 6.24. The topological polar surface area (TPSA) is 112 Å². The number of aromatic amines is 2. The molecule has 0 aliphatic carbocycles. The lowest BCUT2D eigenvalue weighted by molar-refractivity contribution is 0.0606. The Morgan fingerprint density at radius 3 is 2.21 bits per heavy atom. The Labute approximate surface area is 277 Å². The number of hydrogen-bond acceptors (Lipinski definition) is 5. The minimum atomic E-state index is -0.296. The molecule has 0 spiro atoms. The molecule has 3 aliphatic rings. The zero-order valence-electron chi connectivity index (χ0n) is 29.1. The molecule has 2 N–H and O–H groups in total. The number of fused-ring (bicyclic) bond motifs is 8. The number of Topliss-reactive ketones (excluding diaryl/α,β-unsaturated/α-hetero) is 1. The molecule has 8 nitrogen and oxygen atoms in total. The minimum Gasteiger partial charge on any atom is -0.355 e. The number of aryl methyl sites for hydroxylation is 2. The Morgan fingerprint density at radius 1 is 0.830 bits per heavy atom. The highest BCUT2D eigenvalue weighted by Crippen LogP contribution is 2.42. The van der Waals surface area contributed by atoms with Crippen LogP contribution in [-0.2, 0) is 0 Å². The fourth-order valence-electron chi connectivity index (χ4n) is 7.75. The molecule has 3 aromatic rings. The molecule has 2 atom stereocenters. The maximum Gasteiger partial charge on any atom is 0.265 e. The number of hydrogen-bond donors (Lipinski definition) is 2. The molecule has 0 fully saturated rings. The Kier molecular flexibility index (Phi) is 8.81. The number of amides is 2. The second-order valence-electron chi connectivity index (χ2n) is 13.5. The summed E-state index contributed by atoms with van der Waals surface area (Å²) in [6.07, 6.45) is 6.36. The lowest BCUT2D eigenvalue weighted by Gasteiger charge is -2.26. The standard InChI is InChI=1S/C39H47N5O3/c1-9-12-13-14-16-44-38(46)34-23(7)30-18-31-25(11-3)20(4)27(40-31)19-32-33(24(8)45)22(6)29(41-32)17-28-21(5)26(15-10-2)36(42-28)35(39(44)47)37(34)43-30/h17-20,25,41,43H,9-16H2,1-8H3/t20-,25-/m1/s1. The molecule has 47 heavy (non-hydrogen) atoms. The van der Waals surface area contributed by atoms with E-state index in [2.05, 4.69) is 50.7 Å². The number of unbranched alkanes of at least 4 members (excludes halogenated alkanes) is 3. The van der Waals surface area contributed by atoms with Gasteiger partial charge in [-0.1, -0.05) is 53.4 Å². The first-order chi connectivity index (χ1) is 22.5. The van der Waals surface area contributed by atoms with Crippen molar-refractivity contribution in [1.29, 1.82) is 0 Å². The Hall–Kier alpha value is -4.33. The van der Waals surface area contributed by atoms with Gasteiger partial charge in [0.25, 0.3) is 11.8 Å². The zero-order chi connectivity index (χ0) is 33.7. The fourth-order valence-corrected chi connectivity index (χ4v) is 7.75. The summed E-state index contributed by atoms with van der Waals surface area (Å²) in [5.41, 5.74) is 11.4. The lowest BCUT2D eigenvalue weighted by atomic mass is 9.89. The van der Waals surface area contributed by atoms with Gasteiger partial charge in [-0.25, -0.2) is 4.98 Å². The van der Waals surface area contributed by atoms with E-state index >= 15 is 0 Å². The highest BCUT2D eigenvalue weighted by atomic mass is 16.2. The third kappa shape index (κ3) is 5.35. The van der Waals surface area contributed by atoms with Crippen LogP contribution in [-0.4, -0.2) is 49.0 Å². The van der Waals surface area contributed by atoms with E-state index in [1.165, 1.54) is 4.90 Å². The molecule has 0 saturated heterocycles. The van der Waals surface area contributed by atoms with Crippen molar-refractivity contribution in [2.24, 2.45) is 0 Å². The lowest BCUT2D eigenvalue weighted by Crippen LogP contribution is -2.41. The summed E-state index contributed by atoms with van der Waals surface area (Å²) >= 11 is 0. The van der Waals surface area contributed by atoms with Gasteiger partial charge in [0.1, 0.15) is 0 Å². The molecule has 8 bridgehead atoms. The SMILES string of the molecule is CCCCCCN1C(=O)c2c3nc(cc4[nH]c(cc5nc(cc6[nH]c2c(c6C)C1=O)[C@H](CC)[C@H]5C)c(C(C)=O)c4C)C(C)=C3CCC. The molecule has 8 heteroatoms. The van der Waals surface area contributed by atoms with Gasteiger partial charge >= 0.3 is 0 Å². The van der Waals surface area contributed by atoms with Crippen molar-refractivity contribution in [3.8, 4) is 0 Å². The van der Waals surface area contributed by atoms with Crippen LogP contribution in [0.15, 0.2) is 18.2 Å². The molecule has 3 aliphatic heterocycles. The average Bonchev–Trinajstić information content (AvgIpc) is 3.71. The molecular weight excluding hydrogens is 586 g/mol. The number of ketones is 1. The quantitative estimate of drug-likeness (QED) is 0.139. The maximum absolute atomic E-state index is 14.5. The van der Waals surface area contributed by atoms with Crippen LogP contribution >= 0.6 is 0 Å². The Bertz CT molecular complexity index is 2010. The van der Waals surface area contributed by atoms with E-state index in [1.807, 2.05) is 26.0 Å². The molecule has 0 unspecified atom stereocenters. The van der Waals surface area contributed by atoms with Crippen molar-refractivity contribution in [1.82, 2.24) is 24.8 Å². The number of carbonyl (C=O) groups is 3. The second kappa shape index (κ2) is 12.7. The smallest absolute Gasteiger partial charge is 0.265 e. The summed E-state index contributed by atoms with van der Waals surface area (Å²) in [5, 5.41) is 0. The van der Waals surface area contributed by atoms with E-state index < -0.39 is 0 Å². The molecule has 6 heterocycles. The predicted octanol–water partition coefficient (Wildman–Crippen LogP) is 9.34. The van der Waals surface area contributed by atoms with Gasteiger partial charge in [0.05, 0.1) is 33.5 Å². The van der Waals surface area contributed by atoms with Crippen LogP contribution in [0.4, 0.5) is 0 Å². The third-order valence-corrected chi connectivity index (χ3v) is 10.5. The van der Waals surface area contributed by atoms with E-state index in [-0.39, 0.29) is 29.4 Å². The molecular formula is C39H47N5O3. The first-order valence-electron chi connectivity index (χ1n) is 17.4. The van der Waals surface area contributed by atoms with Gasteiger partial charge in [-0.3, -0.25) is 24.3 Å². The number of allylic oxidation sites excluding steroid dienone is 2. The molecule has 246 valence electrons. The normalized spacial score (nSPS) is 17.7. The van der Waals surface area contributed by atoms with Gasteiger partial charge in [0.15, 0.2) is 5.78 Å². The average molecular weight is 634 g/mol. The van der Waals surface area contributed by atoms with Crippen LogP contribution in [0, 0.1) is 13.8 Å². The number of carbonyl (C=O) groups excluding carboxylic acids is 3. The molecule has 0 aromatic carbocycles. The molecule has 0 saturated carbocycles. The summed E-state index contributed by atoms with van der Waals surface area (Å²) in [6, 6.07) is 6.08. The summed E-state index contributed by atoms with van der Waals surface area (Å²) in [4.78, 5) is 60.5. The summed E-state index contributed by atoms with van der Waals surface area (Å²) < 4.78 is 0. The van der Waals surface area contributed by atoms with E-state index in [0.717, 1.165) is 101 Å². The van der Waals surface area contributed by atoms with Crippen molar-refractivity contribution in [3.63, 3.8) is 0 Å². The maximum atomic E-state index is 14.5. The number of H-pyrrole nitrogens is 2. The van der Waals surface area contributed by atoms with Crippen molar-refractivity contribution in [3.05, 3.63) is 68.8 Å².